The number of carboxylic acids is 1. The second-order valence-corrected chi connectivity index (χ2v) is 3.07. The molecule has 0 heterocycles. The van der Waals surface area contributed by atoms with Gasteiger partial charge in [0.05, 0.1) is 12.7 Å². The highest BCUT2D eigenvalue weighted by atomic mass is 79.9. The molecule has 0 aliphatic heterocycles. The molecule has 1 rings (SSSR count). The molecule has 13 heavy (non-hydrogen) atoms. The summed E-state index contributed by atoms with van der Waals surface area (Å²) in [6.07, 6.45) is 0. The molecule has 1 aromatic rings. The fraction of sp³-hybridized carbons (Fsp3) is 0.222. The van der Waals surface area contributed by atoms with Crippen molar-refractivity contribution >= 4 is 21.9 Å². The molecule has 0 aliphatic carbocycles. The van der Waals surface area contributed by atoms with E-state index in [0.29, 0.717) is 11.1 Å². The first-order valence-corrected chi connectivity index (χ1v) is 4.76. The average molecular weight is 245 g/mol. The Balaban J connectivity index is 3.14. The van der Waals surface area contributed by atoms with E-state index in [1.165, 1.54) is 13.2 Å². The van der Waals surface area contributed by atoms with E-state index in [1.54, 1.807) is 12.1 Å². The van der Waals surface area contributed by atoms with Crippen LogP contribution < -0.4 is 4.74 Å². The topological polar surface area (TPSA) is 46.5 Å². The fourth-order valence-electron chi connectivity index (χ4n) is 0.979. The Morgan fingerprint density at radius 2 is 2.23 bits per heavy atom. The molecule has 0 bridgehead atoms. The lowest BCUT2D eigenvalue weighted by Crippen LogP contribution is -1.98. The molecule has 1 aromatic carbocycles. The molecule has 0 aliphatic rings. The van der Waals surface area contributed by atoms with Crippen LogP contribution in [-0.4, -0.2) is 18.2 Å². The standard InChI is InChI=1S/C9H9BrO3/c1-13-8-3-6(5-10)2-7(4-8)9(11)12/h2-4H,5H2,1H3,(H,11,12). The van der Waals surface area contributed by atoms with Crippen LogP contribution >= 0.6 is 15.9 Å². The summed E-state index contributed by atoms with van der Waals surface area (Å²) in [5, 5.41) is 9.37. The number of carboxylic acid groups (broad SMARTS) is 1. The first kappa shape index (κ1) is 10.1. The van der Waals surface area contributed by atoms with Gasteiger partial charge in [0, 0.05) is 5.33 Å². The molecule has 0 unspecified atom stereocenters. The second-order valence-electron chi connectivity index (χ2n) is 2.51. The molecular formula is C9H9BrO3. The highest BCUT2D eigenvalue weighted by Gasteiger charge is 2.06. The Morgan fingerprint density at radius 1 is 1.54 bits per heavy atom. The third kappa shape index (κ3) is 2.45. The van der Waals surface area contributed by atoms with Crippen molar-refractivity contribution in [2.24, 2.45) is 0 Å². The Bertz CT molecular complexity index is 300. The van der Waals surface area contributed by atoms with Gasteiger partial charge in [-0.3, -0.25) is 0 Å². The lowest BCUT2D eigenvalue weighted by molar-refractivity contribution is 0.0696. The van der Waals surface area contributed by atoms with Gasteiger partial charge in [-0.05, 0) is 23.8 Å². The van der Waals surface area contributed by atoms with E-state index in [9.17, 15) is 4.79 Å². The number of benzene rings is 1. The quantitative estimate of drug-likeness (QED) is 0.831. The van der Waals surface area contributed by atoms with Crippen molar-refractivity contribution in [3.05, 3.63) is 29.3 Å². The van der Waals surface area contributed by atoms with Crippen molar-refractivity contribution < 1.29 is 14.6 Å². The monoisotopic (exact) mass is 244 g/mol. The van der Waals surface area contributed by atoms with E-state index < -0.39 is 5.97 Å². The van der Waals surface area contributed by atoms with E-state index in [0.717, 1.165) is 5.56 Å². The largest absolute Gasteiger partial charge is 0.497 e. The van der Waals surface area contributed by atoms with Gasteiger partial charge in [0.2, 0.25) is 0 Å². The predicted molar refractivity (Wildman–Crippen MR) is 52.6 cm³/mol. The molecule has 0 aromatic heterocycles. The Hall–Kier alpha value is -1.03. The molecule has 0 amide bonds. The average Bonchev–Trinajstić information content (AvgIpc) is 2.16. The van der Waals surface area contributed by atoms with E-state index >= 15 is 0 Å². The zero-order valence-electron chi connectivity index (χ0n) is 7.08. The van der Waals surface area contributed by atoms with Crippen LogP contribution in [0.4, 0.5) is 0 Å². The molecule has 3 nitrogen and oxygen atoms in total. The highest BCUT2D eigenvalue weighted by Crippen LogP contribution is 2.18. The molecule has 4 heteroatoms. The summed E-state index contributed by atoms with van der Waals surface area (Å²) in [5.41, 5.74) is 1.13. The third-order valence-electron chi connectivity index (χ3n) is 1.60. The smallest absolute Gasteiger partial charge is 0.335 e. The number of ether oxygens (including phenoxy) is 1. The molecule has 0 saturated heterocycles. The van der Waals surface area contributed by atoms with Crippen LogP contribution in [0.3, 0.4) is 0 Å². The van der Waals surface area contributed by atoms with Crippen LogP contribution in [0.15, 0.2) is 18.2 Å². The zero-order valence-corrected chi connectivity index (χ0v) is 8.67. The molecule has 0 spiro atoms. The van der Waals surface area contributed by atoms with Crippen molar-refractivity contribution in [1.82, 2.24) is 0 Å². The van der Waals surface area contributed by atoms with Gasteiger partial charge in [0.15, 0.2) is 0 Å². The van der Waals surface area contributed by atoms with Crippen molar-refractivity contribution in [2.45, 2.75) is 5.33 Å². The SMILES string of the molecule is COc1cc(CBr)cc(C(=O)O)c1. The summed E-state index contributed by atoms with van der Waals surface area (Å²) < 4.78 is 4.96. The molecule has 0 atom stereocenters. The van der Waals surface area contributed by atoms with Crippen molar-refractivity contribution in [3.63, 3.8) is 0 Å². The second kappa shape index (κ2) is 4.28. The van der Waals surface area contributed by atoms with Gasteiger partial charge in [-0.15, -0.1) is 0 Å². The minimum absolute atomic E-state index is 0.244. The molecule has 0 radical (unpaired) electrons. The number of carbonyl (C=O) groups is 1. The number of alkyl halides is 1. The lowest BCUT2D eigenvalue weighted by Gasteiger charge is -2.04. The molecule has 0 fully saturated rings. The number of hydrogen-bond donors (Lipinski definition) is 1. The first-order valence-electron chi connectivity index (χ1n) is 3.64. The molecule has 1 N–H and O–H groups in total. The maximum atomic E-state index is 10.7. The summed E-state index contributed by atoms with van der Waals surface area (Å²) in [6.45, 7) is 0. The van der Waals surface area contributed by atoms with E-state index in [-0.39, 0.29) is 5.56 Å². The maximum absolute atomic E-state index is 10.7. The van der Waals surface area contributed by atoms with E-state index in [4.69, 9.17) is 9.84 Å². The third-order valence-corrected chi connectivity index (χ3v) is 2.25. The van der Waals surface area contributed by atoms with Crippen LogP contribution in [0.2, 0.25) is 0 Å². The number of rotatable bonds is 3. The first-order chi connectivity index (χ1) is 6.17. The minimum atomic E-state index is -0.943. The number of halogens is 1. The summed E-state index contributed by atoms with van der Waals surface area (Å²) in [6, 6.07) is 4.90. The molecular weight excluding hydrogens is 236 g/mol. The van der Waals surface area contributed by atoms with Crippen molar-refractivity contribution in [1.29, 1.82) is 0 Å². The van der Waals surface area contributed by atoms with Gasteiger partial charge in [-0.25, -0.2) is 4.79 Å². The van der Waals surface area contributed by atoms with E-state index in [1.807, 2.05) is 0 Å². The van der Waals surface area contributed by atoms with Gasteiger partial charge in [0.25, 0.3) is 0 Å². The van der Waals surface area contributed by atoms with Crippen LogP contribution in [0.5, 0.6) is 5.75 Å². The predicted octanol–water partition coefficient (Wildman–Crippen LogP) is 2.29. The number of methoxy groups -OCH3 is 1. The van der Waals surface area contributed by atoms with Gasteiger partial charge in [-0.1, -0.05) is 15.9 Å². The van der Waals surface area contributed by atoms with Crippen LogP contribution in [0.25, 0.3) is 0 Å². The van der Waals surface area contributed by atoms with Crippen LogP contribution in [0, 0.1) is 0 Å². The lowest BCUT2D eigenvalue weighted by atomic mass is 10.1. The fourth-order valence-corrected chi connectivity index (χ4v) is 1.30. The van der Waals surface area contributed by atoms with Crippen molar-refractivity contribution in [2.75, 3.05) is 7.11 Å². The maximum Gasteiger partial charge on any atom is 0.335 e. The zero-order chi connectivity index (χ0) is 9.84. The summed E-state index contributed by atoms with van der Waals surface area (Å²) >= 11 is 3.26. The van der Waals surface area contributed by atoms with Gasteiger partial charge < -0.3 is 9.84 Å². The summed E-state index contributed by atoms with van der Waals surface area (Å²) in [5.74, 6) is -0.379. The Labute approximate surface area is 84.5 Å². The van der Waals surface area contributed by atoms with Gasteiger partial charge in [0.1, 0.15) is 5.75 Å². The number of aromatic carboxylic acids is 1. The molecule has 0 saturated carbocycles. The summed E-state index contributed by atoms with van der Waals surface area (Å²) in [4.78, 5) is 10.7. The number of hydrogen-bond acceptors (Lipinski definition) is 2. The minimum Gasteiger partial charge on any atom is -0.497 e. The van der Waals surface area contributed by atoms with Crippen LogP contribution in [0.1, 0.15) is 15.9 Å². The molecule has 70 valence electrons. The Kier molecular flexibility index (Phi) is 3.31. The summed E-state index contributed by atoms with van der Waals surface area (Å²) in [7, 11) is 1.51. The van der Waals surface area contributed by atoms with Crippen LogP contribution in [-0.2, 0) is 5.33 Å². The highest BCUT2D eigenvalue weighted by molar-refractivity contribution is 9.08. The van der Waals surface area contributed by atoms with E-state index in [2.05, 4.69) is 15.9 Å². The normalized spacial score (nSPS) is 9.69. The van der Waals surface area contributed by atoms with Gasteiger partial charge >= 0.3 is 5.97 Å². The Morgan fingerprint density at radius 3 is 2.69 bits per heavy atom. The van der Waals surface area contributed by atoms with Crippen molar-refractivity contribution in [3.8, 4) is 5.75 Å². The van der Waals surface area contributed by atoms with Gasteiger partial charge in [-0.2, -0.15) is 0 Å².